The first-order valence-corrected chi connectivity index (χ1v) is 12.8. The van der Waals surface area contributed by atoms with Crippen LogP contribution in [0.3, 0.4) is 0 Å². The van der Waals surface area contributed by atoms with E-state index in [1.807, 2.05) is 22.9 Å². The lowest BCUT2D eigenvalue weighted by Crippen LogP contribution is -2.34. The molecule has 4 aromatic heterocycles. The molecule has 0 saturated carbocycles. The third kappa shape index (κ3) is 3.93. The van der Waals surface area contributed by atoms with Gasteiger partial charge in [-0.2, -0.15) is 0 Å². The Bertz CT molecular complexity index is 1450. The van der Waals surface area contributed by atoms with Gasteiger partial charge in [0.05, 0.1) is 24.4 Å². The van der Waals surface area contributed by atoms with Crippen molar-refractivity contribution in [3.63, 3.8) is 0 Å². The zero-order chi connectivity index (χ0) is 23.8. The van der Waals surface area contributed by atoms with Gasteiger partial charge in [0.25, 0.3) is 11.5 Å². The summed E-state index contributed by atoms with van der Waals surface area (Å²) in [6.45, 7) is -0.0640. The van der Waals surface area contributed by atoms with Gasteiger partial charge in [-0.15, -0.1) is 34.0 Å². The van der Waals surface area contributed by atoms with Crippen LogP contribution in [-0.2, 0) is 25.6 Å². The Morgan fingerprint density at radius 3 is 2.79 bits per heavy atom. The topological polar surface area (TPSA) is 108 Å². The van der Waals surface area contributed by atoms with Crippen LogP contribution in [0.2, 0.25) is 0 Å². The monoisotopic (exact) mass is 515 g/mol. The molecule has 0 bridgehead atoms. The number of anilines is 1. The van der Waals surface area contributed by atoms with Crippen molar-refractivity contribution in [3.05, 3.63) is 56.6 Å². The minimum Gasteiger partial charge on any atom is -0.465 e. The average molecular weight is 516 g/mol. The van der Waals surface area contributed by atoms with Crippen LogP contribution in [0.15, 0.2) is 45.5 Å². The Morgan fingerprint density at radius 1 is 1.18 bits per heavy atom. The average Bonchev–Trinajstić information content (AvgIpc) is 3.62. The molecule has 1 saturated heterocycles. The number of esters is 2. The van der Waals surface area contributed by atoms with Crippen LogP contribution in [0.5, 0.6) is 0 Å². The summed E-state index contributed by atoms with van der Waals surface area (Å²) in [5, 5.41) is 6.42. The van der Waals surface area contributed by atoms with Crippen LogP contribution in [0.25, 0.3) is 20.7 Å². The number of nitrogens with zero attached hydrogens (tertiary/aromatic N) is 3. The maximum atomic E-state index is 13.1. The summed E-state index contributed by atoms with van der Waals surface area (Å²) in [6, 6.07) is 5.42. The molecule has 174 valence electrons. The highest BCUT2D eigenvalue weighted by molar-refractivity contribution is 7.18. The number of fused-ring (bicyclic) bond motifs is 1. The lowest BCUT2D eigenvalue weighted by Gasteiger charge is -2.16. The summed E-state index contributed by atoms with van der Waals surface area (Å²) >= 11 is 4.12. The van der Waals surface area contributed by atoms with Crippen LogP contribution in [0.1, 0.15) is 16.8 Å². The normalized spacial score (nSPS) is 15.7. The largest absolute Gasteiger partial charge is 0.465 e. The molecule has 5 rings (SSSR count). The second kappa shape index (κ2) is 9.12. The van der Waals surface area contributed by atoms with Gasteiger partial charge in [0.1, 0.15) is 16.4 Å². The molecule has 1 aliphatic heterocycles. The predicted molar refractivity (Wildman–Crippen MR) is 130 cm³/mol. The van der Waals surface area contributed by atoms with Gasteiger partial charge >= 0.3 is 11.9 Å². The van der Waals surface area contributed by atoms with E-state index in [1.54, 1.807) is 11.4 Å². The van der Waals surface area contributed by atoms with Gasteiger partial charge in [0, 0.05) is 28.8 Å². The Kier molecular flexibility index (Phi) is 6.02. The molecule has 12 heteroatoms. The van der Waals surface area contributed by atoms with Crippen molar-refractivity contribution >= 4 is 67.1 Å². The number of thiophene rings is 3. The highest BCUT2D eigenvalue weighted by atomic mass is 32.1. The van der Waals surface area contributed by atoms with Crippen LogP contribution in [0.4, 0.5) is 5.00 Å². The fourth-order valence-electron chi connectivity index (χ4n) is 3.77. The number of ether oxygens (including phenoxy) is 2. The smallest absolute Gasteiger partial charge is 0.340 e. The van der Waals surface area contributed by atoms with Crippen molar-refractivity contribution in [2.24, 2.45) is 0 Å². The number of carbonyl (C=O) groups excluding carboxylic acids is 3. The van der Waals surface area contributed by atoms with E-state index in [4.69, 9.17) is 9.47 Å². The minimum atomic E-state index is -0.990. The summed E-state index contributed by atoms with van der Waals surface area (Å²) < 4.78 is 11.4. The summed E-state index contributed by atoms with van der Waals surface area (Å²) in [4.78, 5) is 57.8. The minimum absolute atomic E-state index is 0.280. The number of aromatic nitrogens is 2. The van der Waals surface area contributed by atoms with E-state index in [1.165, 1.54) is 56.9 Å². The van der Waals surface area contributed by atoms with Crippen molar-refractivity contribution in [1.29, 1.82) is 0 Å². The molecule has 1 fully saturated rings. The second-order valence-corrected chi connectivity index (χ2v) is 10.1. The number of carbonyl (C=O) groups is 3. The van der Waals surface area contributed by atoms with Crippen molar-refractivity contribution < 1.29 is 23.9 Å². The summed E-state index contributed by atoms with van der Waals surface area (Å²) in [7, 11) is 1.27. The van der Waals surface area contributed by atoms with Crippen LogP contribution in [-0.4, -0.2) is 47.2 Å². The van der Waals surface area contributed by atoms with Gasteiger partial charge in [-0.1, -0.05) is 6.07 Å². The number of rotatable bonds is 6. The van der Waals surface area contributed by atoms with Crippen LogP contribution >= 0.6 is 34.0 Å². The predicted octanol–water partition coefficient (Wildman–Crippen LogP) is 3.38. The molecule has 5 heterocycles. The molecule has 4 aromatic rings. The molecule has 0 aliphatic carbocycles. The van der Waals surface area contributed by atoms with Gasteiger partial charge in [0.2, 0.25) is 0 Å². The summed E-state index contributed by atoms with van der Waals surface area (Å²) in [6.07, 6.45) is 0.607. The van der Waals surface area contributed by atoms with Gasteiger partial charge in [-0.05, 0) is 22.9 Å². The van der Waals surface area contributed by atoms with E-state index < -0.39 is 23.9 Å². The Hall–Kier alpha value is -3.35. The zero-order valence-electron chi connectivity index (χ0n) is 17.8. The molecule has 0 radical (unpaired) electrons. The quantitative estimate of drug-likeness (QED) is 0.362. The molecule has 34 heavy (non-hydrogen) atoms. The molecular weight excluding hydrogens is 498 g/mol. The highest BCUT2D eigenvalue weighted by Gasteiger charge is 2.38. The van der Waals surface area contributed by atoms with E-state index in [2.05, 4.69) is 4.98 Å². The van der Waals surface area contributed by atoms with E-state index in [0.29, 0.717) is 21.8 Å². The van der Waals surface area contributed by atoms with Crippen molar-refractivity contribution in [2.75, 3.05) is 18.6 Å². The lowest BCUT2D eigenvalue weighted by atomic mass is 10.2. The third-order valence-electron chi connectivity index (χ3n) is 5.37. The Morgan fingerprint density at radius 2 is 2.03 bits per heavy atom. The SMILES string of the molecule is COC(=O)c1ccsc1N1CCC(OC(=O)Cn2cnc3scc(-c4cccs4)c3c2=O)C1=O. The van der Waals surface area contributed by atoms with Crippen molar-refractivity contribution in [1.82, 2.24) is 9.55 Å². The van der Waals surface area contributed by atoms with E-state index in [0.717, 1.165) is 10.4 Å². The number of hydrogen-bond acceptors (Lipinski definition) is 10. The molecule has 1 aliphatic rings. The number of amides is 1. The van der Waals surface area contributed by atoms with Crippen molar-refractivity contribution in [3.8, 4) is 10.4 Å². The Labute approximate surface area is 204 Å². The fourth-order valence-corrected chi connectivity index (χ4v) is 6.41. The molecule has 0 N–H and O–H groups in total. The molecule has 0 spiro atoms. The van der Waals surface area contributed by atoms with E-state index >= 15 is 0 Å². The second-order valence-electron chi connectivity index (χ2n) is 7.37. The third-order valence-corrected chi connectivity index (χ3v) is 8.10. The summed E-state index contributed by atoms with van der Waals surface area (Å²) in [5.74, 6) is -1.67. The number of hydrogen-bond donors (Lipinski definition) is 0. The molecule has 1 unspecified atom stereocenters. The fraction of sp³-hybridized carbons (Fsp3) is 0.227. The maximum Gasteiger partial charge on any atom is 0.340 e. The van der Waals surface area contributed by atoms with Gasteiger partial charge in [-0.3, -0.25) is 23.9 Å². The van der Waals surface area contributed by atoms with Crippen LogP contribution in [0, 0.1) is 0 Å². The van der Waals surface area contributed by atoms with E-state index in [9.17, 15) is 19.2 Å². The Balaban J connectivity index is 1.32. The van der Waals surface area contributed by atoms with Gasteiger partial charge < -0.3 is 9.47 Å². The summed E-state index contributed by atoms with van der Waals surface area (Å²) in [5.41, 5.74) is 0.734. The molecule has 0 aromatic carbocycles. The first kappa shape index (κ1) is 22.4. The number of methoxy groups -OCH3 is 1. The molecule has 1 atom stereocenters. The standard InChI is InChI=1S/C22H17N3O6S3/c1-30-22(29)12-5-8-33-21(12)25-6-4-14(19(25)27)31-16(26)9-24-11-23-18-17(20(24)28)13(10-34-18)15-3-2-7-32-15/h2-3,5,7-8,10-11,14H,4,6,9H2,1H3. The maximum absolute atomic E-state index is 13.1. The molecule has 1 amide bonds. The lowest BCUT2D eigenvalue weighted by molar-refractivity contribution is -0.154. The molecular formula is C22H17N3O6S3. The molecule has 9 nitrogen and oxygen atoms in total. The van der Waals surface area contributed by atoms with Gasteiger partial charge in [0.15, 0.2) is 6.10 Å². The zero-order valence-corrected chi connectivity index (χ0v) is 20.2. The van der Waals surface area contributed by atoms with Crippen molar-refractivity contribution in [2.45, 2.75) is 19.1 Å². The van der Waals surface area contributed by atoms with Gasteiger partial charge in [-0.25, -0.2) is 9.78 Å². The highest BCUT2D eigenvalue weighted by Crippen LogP contribution is 2.34. The first-order chi connectivity index (χ1) is 16.5. The van der Waals surface area contributed by atoms with Crippen LogP contribution < -0.4 is 10.5 Å². The first-order valence-electron chi connectivity index (χ1n) is 10.1. The van der Waals surface area contributed by atoms with E-state index in [-0.39, 0.29) is 24.1 Å².